The third kappa shape index (κ3) is 2.05. The molecule has 3 rings (SSSR count). The molecule has 1 unspecified atom stereocenters. The summed E-state index contributed by atoms with van der Waals surface area (Å²) in [4.78, 5) is 18.5. The van der Waals surface area contributed by atoms with Crippen LogP contribution in [-0.4, -0.2) is 9.97 Å². The predicted octanol–water partition coefficient (Wildman–Crippen LogP) is 3.64. The Hall–Kier alpha value is -2.29. The average molecular weight is 266 g/mol. The van der Waals surface area contributed by atoms with E-state index >= 15 is 0 Å². The molecule has 3 aromatic rings. The maximum atomic E-state index is 12.2. The molecule has 1 aromatic carbocycles. The number of aromatic nitrogens is 2. The van der Waals surface area contributed by atoms with Crippen molar-refractivity contribution in [1.82, 2.24) is 9.97 Å². The minimum absolute atomic E-state index is 0.0663. The Morgan fingerprint density at radius 3 is 2.45 bits per heavy atom. The Balaban J connectivity index is 2.24. The van der Waals surface area contributed by atoms with Crippen LogP contribution < -0.4 is 5.43 Å². The Bertz CT molecular complexity index is 768. The SMILES string of the molecule is CC(C)C(c1ccccc1)c1c[nH]c2[nH]ccc(=O)c12. The molecule has 0 bridgehead atoms. The summed E-state index contributed by atoms with van der Waals surface area (Å²) in [5.41, 5.74) is 3.18. The molecule has 2 aromatic heterocycles. The van der Waals surface area contributed by atoms with Gasteiger partial charge in [0, 0.05) is 24.4 Å². The summed E-state index contributed by atoms with van der Waals surface area (Å²) in [6.07, 6.45) is 3.64. The highest BCUT2D eigenvalue weighted by molar-refractivity contribution is 5.80. The lowest BCUT2D eigenvalue weighted by Crippen LogP contribution is -2.11. The summed E-state index contributed by atoms with van der Waals surface area (Å²) < 4.78 is 0. The molecule has 0 aliphatic rings. The molecule has 102 valence electrons. The van der Waals surface area contributed by atoms with Crippen LogP contribution >= 0.6 is 0 Å². The van der Waals surface area contributed by atoms with Crippen molar-refractivity contribution in [2.24, 2.45) is 5.92 Å². The number of fused-ring (bicyclic) bond motifs is 1. The van der Waals surface area contributed by atoms with Gasteiger partial charge in [-0.15, -0.1) is 0 Å². The number of aromatic amines is 2. The first-order chi connectivity index (χ1) is 9.68. The van der Waals surface area contributed by atoms with Gasteiger partial charge in [-0.1, -0.05) is 44.2 Å². The predicted molar refractivity (Wildman–Crippen MR) is 82.0 cm³/mol. The van der Waals surface area contributed by atoms with Crippen LogP contribution in [0.2, 0.25) is 0 Å². The normalized spacial score (nSPS) is 12.9. The van der Waals surface area contributed by atoms with Crippen molar-refractivity contribution in [3.8, 4) is 0 Å². The van der Waals surface area contributed by atoms with E-state index in [0.717, 1.165) is 16.6 Å². The van der Waals surface area contributed by atoms with Gasteiger partial charge in [-0.2, -0.15) is 0 Å². The fourth-order valence-electron chi connectivity index (χ4n) is 2.93. The van der Waals surface area contributed by atoms with E-state index in [1.54, 1.807) is 12.3 Å². The molecule has 0 saturated carbocycles. The van der Waals surface area contributed by atoms with E-state index in [1.807, 2.05) is 24.4 Å². The first-order valence-corrected chi connectivity index (χ1v) is 6.92. The average Bonchev–Trinajstić information content (AvgIpc) is 2.85. The van der Waals surface area contributed by atoms with Gasteiger partial charge in [-0.05, 0) is 17.0 Å². The van der Waals surface area contributed by atoms with E-state index in [0.29, 0.717) is 5.92 Å². The standard InChI is InChI=1S/C17H18N2O/c1-11(2)15(12-6-4-3-5-7-12)13-10-19-17-16(13)14(20)8-9-18-17/h3-11,15H,1-2H3,(H2,18,19,20). The number of pyridine rings is 1. The maximum Gasteiger partial charge on any atom is 0.191 e. The summed E-state index contributed by atoms with van der Waals surface area (Å²) in [7, 11) is 0. The molecular weight excluding hydrogens is 248 g/mol. The molecule has 0 aliphatic carbocycles. The summed E-state index contributed by atoms with van der Waals surface area (Å²) >= 11 is 0. The molecule has 0 radical (unpaired) electrons. The Morgan fingerprint density at radius 2 is 1.75 bits per heavy atom. The van der Waals surface area contributed by atoms with E-state index < -0.39 is 0 Å². The van der Waals surface area contributed by atoms with E-state index in [4.69, 9.17) is 0 Å². The number of H-pyrrole nitrogens is 2. The third-order valence-electron chi connectivity index (χ3n) is 3.78. The second-order valence-corrected chi connectivity index (χ2v) is 5.47. The molecule has 3 nitrogen and oxygen atoms in total. The topological polar surface area (TPSA) is 48.6 Å². The summed E-state index contributed by atoms with van der Waals surface area (Å²) in [5.74, 6) is 0.629. The lowest BCUT2D eigenvalue weighted by Gasteiger charge is -2.21. The van der Waals surface area contributed by atoms with Crippen molar-refractivity contribution in [3.63, 3.8) is 0 Å². The molecule has 20 heavy (non-hydrogen) atoms. The quantitative estimate of drug-likeness (QED) is 0.747. The van der Waals surface area contributed by atoms with Gasteiger partial charge >= 0.3 is 0 Å². The number of hydrogen-bond acceptors (Lipinski definition) is 1. The zero-order chi connectivity index (χ0) is 14.1. The van der Waals surface area contributed by atoms with Gasteiger partial charge in [0.15, 0.2) is 5.43 Å². The largest absolute Gasteiger partial charge is 0.347 e. The van der Waals surface area contributed by atoms with Crippen molar-refractivity contribution in [1.29, 1.82) is 0 Å². The van der Waals surface area contributed by atoms with Gasteiger partial charge in [0.25, 0.3) is 0 Å². The van der Waals surface area contributed by atoms with Crippen LogP contribution in [0.3, 0.4) is 0 Å². The molecule has 0 amide bonds. The third-order valence-corrected chi connectivity index (χ3v) is 3.78. The Kier molecular flexibility index (Phi) is 3.18. The summed E-state index contributed by atoms with van der Waals surface area (Å²) in [5, 5.41) is 0.773. The fourth-order valence-corrected chi connectivity index (χ4v) is 2.93. The highest BCUT2D eigenvalue weighted by Gasteiger charge is 2.22. The van der Waals surface area contributed by atoms with E-state index in [2.05, 4.69) is 35.9 Å². The van der Waals surface area contributed by atoms with E-state index in [1.165, 1.54) is 5.56 Å². The van der Waals surface area contributed by atoms with E-state index in [9.17, 15) is 4.79 Å². The van der Waals surface area contributed by atoms with E-state index in [-0.39, 0.29) is 11.3 Å². The Morgan fingerprint density at radius 1 is 1.00 bits per heavy atom. The summed E-state index contributed by atoms with van der Waals surface area (Å²) in [6.45, 7) is 4.38. The zero-order valence-electron chi connectivity index (χ0n) is 11.7. The molecular formula is C17H18N2O. The molecule has 0 saturated heterocycles. The molecule has 0 aliphatic heterocycles. The van der Waals surface area contributed by atoms with Crippen LogP contribution in [0.15, 0.2) is 53.6 Å². The van der Waals surface area contributed by atoms with Gasteiger partial charge < -0.3 is 9.97 Å². The first kappa shape index (κ1) is 12.7. The minimum Gasteiger partial charge on any atom is -0.347 e. The number of rotatable bonds is 3. The zero-order valence-corrected chi connectivity index (χ0v) is 11.7. The second kappa shape index (κ2) is 5.00. The van der Waals surface area contributed by atoms with Crippen LogP contribution in [-0.2, 0) is 0 Å². The molecule has 1 atom stereocenters. The lowest BCUT2D eigenvalue weighted by molar-refractivity contribution is 0.566. The molecule has 0 spiro atoms. The lowest BCUT2D eigenvalue weighted by atomic mass is 9.83. The highest BCUT2D eigenvalue weighted by atomic mass is 16.1. The highest BCUT2D eigenvalue weighted by Crippen LogP contribution is 2.34. The van der Waals surface area contributed by atoms with Crippen molar-refractivity contribution < 1.29 is 0 Å². The number of nitrogens with one attached hydrogen (secondary N) is 2. The maximum absolute atomic E-state index is 12.2. The molecule has 2 N–H and O–H groups in total. The summed E-state index contributed by atoms with van der Waals surface area (Å²) in [6, 6.07) is 11.9. The van der Waals surface area contributed by atoms with Crippen molar-refractivity contribution in [2.45, 2.75) is 19.8 Å². The molecule has 2 heterocycles. The number of benzene rings is 1. The van der Waals surface area contributed by atoms with Crippen LogP contribution in [0.25, 0.3) is 11.0 Å². The first-order valence-electron chi connectivity index (χ1n) is 6.92. The van der Waals surface area contributed by atoms with Gasteiger partial charge in [0.2, 0.25) is 0 Å². The van der Waals surface area contributed by atoms with Gasteiger partial charge in [0.05, 0.1) is 5.39 Å². The van der Waals surface area contributed by atoms with Crippen LogP contribution in [0.4, 0.5) is 0 Å². The second-order valence-electron chi connectivity index (χ2n) is 5.47. The smallest absolute Gasteiger partial charge is 0.191 e. The van der Waals surface area contributed by atoms with Crippen LogP contribution in [0.1, 0.15) is 30.9 Å². The monoisotopic (exact) mass is 266 g/mol. The molecule has 3 heteroatoms. The Labute approximate surface area is 117 Å². The van der Waals surface area contributed by atoms with Crippen LogP contribution in [0, 0.1) is 5.92 Å². The van der Waals surface area contributed by atoms with Crippen LogP contribution in [0.5, 0.6) is 0 Å². The fraction of sp³-hybridized carbons (Fsp3) is 0.235. The van der Waals surface area contributed by atoms with Crippen molar-refractivity contribution in [2.75, 3.05) is 0 Å². The van der Waals surface area contributed by atoms with Crippen molar-refractivity contribution >= 4 is 11.0 Å². The van der Waals surface area contributed by atoms with Crippen molar-refractivity contribution in [3.05, 3.63) is 70.1 Å². The van der Waals surface area contributed by atoms with Gasteiger partial charge in [0.1, 0.15) is 5.65 Å². The van der Waals surface area contributed by atoms with Gasteiger partial charge in [-0.3, -0.25) is 4.79 Å². The minimum atomic E-state index is 0.0663. The molecule has 0 fully saturated rings. The van der Waals surface area contributed by atoms with Gasteiger partial charge in [-0.25, -0.2) is 0 Å². The number of hydrogen-bond donors (Lipinski definition) is 2.